The number of carbonyl (C=O) groups is 1. The van der Waals surface area contributed by atoms with Crippen molar-refractivity contribution in [1.29, 1.82) is 0 Å². The maximum absolute atomic E-state index is 12.3. The third-order valence-electron chi connectivity index (χ3n) is 3.56. The fraction of sp³-hybridized carbons (Fsp3) is 0.615. The zero-order chi connectivity index (χ0) is 12.4. The van der Waals surface area contributed by atoms with Crippen LogP contribution >= 0.6 is 0 Å². The molecule has 1 amide bonds. The number of amides is 1. The van der Waals surface area contributed by atoms with Crippen molar-refractivity contribution < 1.29 is 14.3 Å². The van der Waals surface area contributed by atoms with Gasteiger partial charge in [-0.25, -0.2) is 0 Å². The second kappa shape index (κ2) is 4.92. The molecule has 0 spiro atoms. The van der Waals surface area contributed by atoms with Crippen LogP contribution in [0.15, 0.2) is 16.7 Å². The number of piperidine rings is 1. The maximum Gasteiger partial charge on any atom is 0.290 e. The molecule has 1 aliphatic rings. The minimum Gasteiger partial charge on any atom is -0.459 e. The molecule has 2 heterocycles. The van der Waals surface area contributed by atoms with Gasteiger partial charge in [-0.1, -0.05) is 0 Å². The highest BCUT2D eigenvalue weighted by molar-refractivity contribution is 5.93. The first-order chi connectivity index (χ1) is 8.13. The van der Waals surface area contributed by atoms with E-state index in [9.17, 15) is 9.90 Å². The predicted octanol–water partition coefficient (Wildman–Crippen LogP) is 1.82. The first-order valence-corrected chi connectivity index (χ1v) is 6.09. The third-order valence-corrected chi connectivity index (χ3v) is 3.56. The van der Waals surface area contributed by atoms with Crippen LogP contribution in [-0.4, -0.2) is 35.1 Å². The molecule has 17 heavy (non-hydrogen) atoms. The van der Waals surface area contributed by atoms with Gasteiger partial charge in [0.15, 0.2) is 5.76 Å². The lowest BCUT2D eigenvalue weighted by Crippen LogP contribution is -2.46. The number of aliphatic hydroxyl groups excluding tert-OH is 1. The molecule has 1 fully saturated rings. The van der Waals surface area contributed by atoms with Gasteiger partial charge in [-0.05, 0) is 38.7 Å². The highest BCUT2D eigenvalue weighted by atomic mass is 16.3. The summed E-state index contributed by atoms with van der Waals surface area (Å²) in [6.45, 7) is 4.68. The van der Waals surface area contributed by atoms with Gasteiger partial charge in [0, 0.05) is 24.8 Å². The van der Waals surface area contributed by atoms with Crippen LogP contribution in [0.25, 0.3) is 0 Å². The molecule has 4 heteroatoms. The molecule has 2 atom stereocenters. The number of carbonyl (C=O) groups excluding carboxylic acids is 1. The Bertz CT molecular complexity index is 399. The van der Waals surface area contributed by atoms with Gasteiger partial charge in [0.05, 0.1) is 6.26 Å². The molecule has 1 N–H and O–H groups in total. The van der Waals surface area contributed by atoms with Crippen LogP contribution in [0.3, 0.4) is 0 Å². The van der Waals surface area contributed by atoms with E-state index < -0.39 is 0 Å². The molecule has 0 aliphatic carbocycles. The largest absolute Gasteiger partial charge is 0.459 e. The van der Waals surface area contributed by atoms with Crippen LogP contribution in [0, 0.1) is 12.8 Å². The molecule has 1 aliphatic heterocycles. The van der Waals surface area contributed by atoms with Crippen LogP contribution in [-0.2, 0) is 0 Å². The van der Waals surface area contributed by atoms with Crippen molar-refractivity contribution in [3.63, 3.8) is 0 Å². The van der Waals surface area contributed by atoms with Crippen LogP contribution < -0.4 is 0 Å². The van der Waals surface area contributed by atoms with Crippen molar-refractivity contribution in [2.75, 3.05) is 13.2 Å². The zero-order valence-electron chi connectivity index (χ0n) is 10.3. The van der Waals surface area contributed by atoms with E-state index in [0.717, 1.165) is 18.4 Å². The lowest BCUT2D eigenvalue weighted by atomic mass is 9.94. The normalized spacial score (nSPS) is 25.0. The quantitative estimate of drug-likeness (QED) is 0.853. The Labute approximate surface area is 101 Å². The molecular weight excluding hydrogens is 218 g/mol. The van der Waals surface area contributed by atoms with Crippen molar-refractivity contribution in [3.05, 3.63) is 23.7 Å². The fourth-order valence-corrected chi connectivity index (χ4v) is 2.34. The molecule has 2 rings (SSSR count). The third kappa shape index (κ3) is 2.36. The highest BCUT2D eigenvalue weighted by Gasteiger charge is 2.31. The van der Waals surface area contributed by atoms with E-state index in [1.807, 2.05) is 18.7 Å². The Balaban J connectivity index is 2.15. The monoisotopic (exact) mass is 237 g/mol. The summed E-state index contributed by atoms with van der Waals surface area (Å²) in [4.78, 5) is 14.1. The molecule has 1 aromatic rings. The Hall–Kier alpha value is -1.29. The van der Waals surface area contributed by atoms with E-state index in [1.165, 1.54) is 0 Å². The van der Waals surface area contributed by atoms with Crippen molar-refractivity contribution in [1.82, 2.24) is 4.90 Å². The van der Waals surface area contributed by atoms with Gasteiger partial charge in [0.25, 0.3) is 5.91 Å². The number of likely N-dealkylation sites (tertiary alicyclic amines) is 1. The minimum atomic E-state index is -0.0573. The number of rotatable bonds is 2. The van der Waals surface area contributed by atoms with E-state index in [4.69, 9.17) is 4.42 Å². The molecule has 94 valence electrons. The summed E-state index contributed by atoms with van der Waals surface area (Å²) in [7, 11) is 0. The van der Waals surface area contributed by atoms with Gasteiger partial charge in [0.1, 0.15) is 0 Å². The van der Waals surface area contributed by atoms with Gasteiger partial charge in [-0.3, -0.25) is 4.79 Å². The Kier molecular flexibility index (Phi) is 3.52. The summed E-state index contributed by atoms with van der Waals surface area (Å²) < 4.78 is 5.24. The van der Waals surface area contributed by atoms with Crippen molar-refractivity contribution in [3.8, 4) is 0 Å². The van der Waals surface area contributed by atoms with E-state index in [2.05, 4.69) is 0 Å². The maximum atomic E-state index is 12.3. The molecule has 1 aromatic heterocycles. The Morgan fingerprint density at radius 2 is 2.35 bits per heavy atom. The molecule has 0 saturated carbocycles. The number of aliphatic hydroxyl groups is 1. The van der Waals surface area contributed by atoms with Crippen LogP contribution in [0.4, 0.5) is 0 Å². The number of aryl methyl sites for hydroxylation is 1. The van der Waals surface area contributed by atoms with Gasteiger partial charge >= 0.3 is 0 Å². The van der Waals surface area contributed by atoms with Gasteiger partial charge in [-0.15, -0.1) is 0 Å². The second-order valence-corrected chi connectivity index (χ2v) is 4.87. The Morgan fingerprint density at radius 3 is 2.94 bits per heavy atom. The molecule has 1 saturated heterocycles. The zero-order valence-corrected chi connectivity index (χ0v) is 10.3. The van der Waals surface area contributed by atoms with Gasteiger partial charge in [-0.2, -0.15) is 0 Å². The fourth-order valence-electron chi connectivity index (χ4n) is 2.34. The van der Waals surface area contributed by atoms with Crippen LogP contribution in [0.2, 0.25) is 0 Å². The van der Waals surface area contributed by atoms with Gasteiger partial charge < -0.3 is 14.4 Å². The SMILES string of the molecule is Cc1ccoc1C(=O)N1CC(CO)CCC1C. The van der Waals surface area contributed by atoms with Crippen LogP contribution in [0.1, 0.15) is 35.9 Å². The predicted molar refractivity (Wildman–Crippen MR) is 63.8 cm³/mol. The minimum absolute atomic E-state index is 0.0573. The molecular formula is C13H19NO3. The van der Waals surface area contributed by atoms with Gasteiger partial charge in [0.2, 0.25) is 0 Å². The first kappa shape index (κ1) is 12.2. The average Bonchev–Trinajstić information content (AvgIpc) is 2.75. The molecule has 0 bridgehead atoms. The molecule has 0 radical (unpaired) electrons. The first-order valence-electron chi connectivity index (χ1n) is 6.09. The standard InChI is InChI=1S/C13H19NO3/c1-9-5-6-17-12(9)13(16)14-7-11(8-15)4-3-10(14)2/h5-6,10-11,15H,3-4,7-8H2,1-2H3. The molecule has 4 nitrogen and oxygen atoms in total. The van der Waals surface area contributed by atoms with E-state index in [1.54, 1.807) is 12.3 Å². The van der Waals surface area contributed by atoms with Crippen molar-refractivity contribution >= 4 is 5.91 Å². The number of nitrogens with zero attached hydrogens (tertiary/aromatic N) is 1. The Morgan fingerprint density at radius 1 is 1.59 bits per heavy atom. The molecule has 2 unspecified atom stereocenters. The number of furan rings is 1. The topological polar surface area (TPSA) is 53.7 Å². The van der Waals surface area contributed by atoms with Crippen molar-refractivity contribution in [2.24, 2.45) is 5.92 Å². The van der Waals surface area contributed by atoms with E-state index >= 15 is 0 Å². The number of hydrogen-bond donors (Lipinski definition) is 1. The van der Waals surface area contributed by atoms with E-state index in [-0.39, 0.29) is 24.5 Å². The smallest absolute Gasteiger partial charge is 0.290 e. The van der Waals surface area contributed by atoms with Crippen molar-refractivity contribution in [2.45, 2.75) is 32.7 Å². The summed E-state index contributed by atoms with van der Waals surface area (Å²) >= 11 is 0. The summed E-state index contributed by atoms with van der Waals surface area (Å²) in [5.74, 6) is 0.569. The second-order valence-electron chi connectivity index (χ2n) is 4.87. The van der Waals surface area contributed by atoms with Crippen LogP contribution in [0.5, 0.6) is 0 Å². The summed E-state index contributed by atoms with van der Waals surface area (Å²) in [6.07, 6.45) is 3.47. The average molecular weight is 237 g/mol. The summed E-state index contributed by atoms with van der Waals surface area (Å²) in [6, 6.07) is 2.01. The lowest BCUT2D eigenvalue weighted by Gasteiger charge is -2.37. The summed E-state index contributed by atoms with van der Waals surface area (Å²) in [5, 5.41) is 9.20. The summed E-state index contributed by atoms with van der Waals surface area (Å²) in [5.41, 5.74) is 0.869. The number of hydrogen-bond acceptors (Lipinski definition) is 3. The highest BCUT2D eigenvalue weighted by Crippen LogP contribution is 2.24. The molecule has 0 aromatic carbocycles. The van der Waals surface area contributed by atoms with E-state index in [0.29, 0.717) is 12.3 Å². The lowest BCUT2D eigenvalue weighted by molar-refractivity contribution is 0.0458.